The van der Waals surface area contributed by atoms with E-state index in [1.807, 2.05) is 18.8 Å². The van der Waals surface area contributed by atoms with Crippen molar-refractivity contribution in [3.63, 3.8) is 0 Å². The molecule has 2 rings (SSSR count). The molecule has 0 bridgehead atoms. The summed E-state index contributed by atoms with van der Waals surface area (Å²) in [7, 11) is 1.84. The summed E-state index contributed by atoms with van der Waals surface area (Å²) in [5.41, 5.74) is 2.67. The van der Waals surface area contributed by atoms with Crippen LogP contribution in [0.5, 0.6) is 0 Å². The molecule has 1 unspecified atom stereocenters. The van der Waals surface area contributed by atoms with Gasteiger partial charge in [-0.2, -0.15) is 11.8 Å². The Hall–Kier alpha value is -0.470. The second-order valence-corrected chi connectivity index (χ2v) is 7.90. The van der Waals surface area contributed by atoms with Gasteiger partial charge in [-0.15, -0.1) is 24.0 Å². The minimum absolute atomic E-state index is 0. The minimum atomic E-state index is 0. The van der Waals surface area contributed by atoms with Crippen LogP contribution in [0, 0.1) is 6.92 Å². The molecule has 1 aliphatic rings. The van der Waals surface area contributed by atoms with E-state index in [2.05, 4.69) is 60.0 Å². The zero-order valence-electron chi connectivity index (χ0n) is 15.8. The summed E-state index contributed by atoms with van der Waals surface area (Å²) in [4.78, 5) is 4.37. The molecular weight excluding hydrogens is 445 g/mol. The summed E-state index contributed by atoms with van der Waals surface area (Å²) >= 11 is 1.94. The molecule has 1 saturated heterocycles. The number of halogens is 1. The van der Waals surface area contributed by atoms with Crippen molar-refractivity contribution in [1.82, 2.24) is 10.6 Å². The number of ether oxygens (including phenoxy) is 1. The van der Waals surface area contributed by atoms with Gasteiger partial charge in [-0.3, -0.25) is 4.99 Å². The molecule has 4 nitrogen and oxygen atoms in total. The molecule has 1 atom stereocenters. The van der Waals surface area contributed by atoms with Crippen molar-refractivity contribution in [3.8, 4) is 0 Å². The molecule has 1 aromatic carbocycles. The lowest BCUT2D eigenvalue weighted by Gasteiger charge is -2.36. The molecule has 1 fully saturated rings. The maximum absolute atomic E-state index is 5.51. The van der Waals surface area contributed by atoms with Crippen molar-refractivity contribution in [2.24, 2.45) is 4.99 Å². The van der Waals surface area contributed by atoms with Gasteiger partial charge in [-0.1, -0.05) is 36.8 Å². The Bertz CT molecular complexity index is 547. The Morgan fingerprint density at radius 1 is 1.32 bits per heavy atom. The zero-order valence-corrected chi connectivity index (χ0v) is 18.9. The molecule has 1 aromatic rings. The number of guanidine groups is 1. The van der Waals surface area contributed by atoms with Crippen LogP contribution in [0.1, 0.15) is 36.8 Å². The molecule has 1 heterocycles. The van der Waals surface area contributed by atoms with Crippen LogP contribution in [-0.2, 0) is 4.74 Å². The average Bonchev–Trinajstić information content (AvgIpc) is 2.62. The van der Waals surface area contributed by atoms with E-state index in [4.69, 9.17) is 4.74 Å². The molecule has 25 heavy (non-hydrogen) atoms. The van der Waals surface area contributed by atoms with Crippen LogP contribution in [0.15, 0.2) is 29.3 Å². The second-order valence-electron chi connectivity index (χ2n) is 6.62. The zero-order chi connectivity index (χ0) is 17.4. The Balaban J connectivity index is 0.00000312. The van der Waals surface area contributed by atoms with Crippen molar-refractivity contribution >= 4 is 41.7 Å². The lowest BCUT2D eigenvalue weighted by molar-refractivity contribution is 0.0783. The van der Waals surface area contributed by atoms with Gasteiger partial charge in [-0.25, -0.2) is 0 Å². The van der Waals surface area contributed by atoms with Crippen LogP contribution in [0.25, 0.3) is 0 Å². The van der Waals surface area contributed by atoms with Gasteiger partial charge >= 0.3 is 0 Å². The monoisotopic (exact) mass is 477 g/mol. The van der Waals surface area contributed by atoms with Gasteiger partial charge in [0.15, 0.2) is 5.96 Å². The van der Waals surface area contributed by atoms with Crippen molar-refractivity contribution in [2.45, 2.75) is 37.4 Å². The lowest BCUT2D eigenvalue weighted by atomic mass is 9.99. The maximum atomic E-state index is 5.51. The summed E-state index contributed by atoms with van der Waals surface area (Å²) < 4.78 is 5.77. The molecular formula is C19H32IN3OS. The average molecular weight is 477 g/mol. The van der Waals surface area contributed by atoms with Crippen LogP contribution >= 0.6 is 35.7 Å². The van der Waals surface area contributed by atoms with Gasteiger partial charge in [0.05, 0.1) is 0 Å². The van der Waals surface area contributed by atoms with E-state index in [1.54, 1.807) is 0 Å². The highest BCUT2D eigenvalue weighted by Crippen LogP contribution is 2.32. The molecule has 0 spiro atoms. The SMILES string of the molecule is CN=C(NCC(C)c1cccc(C)c1)NCC1(SC)CCOCC1.I. The molecule has 6 heteroatoms. The second kappa shape index (κ2) is 11.3. The van der Waals surface area contributed by atoms with Crippen molar-refractivity contribution in [2.75, 3.05) is 39.6 Å². The van der Waals surface area contributed by atoms with Crippen LogP contribution in [0.2, 0.25) is 0 Å². The first kappa shape index (κ1) is 22.6. The van der Waals surface area contributed by atoms with E-state index in [1.165, 1.54) is 11.1 Å². The van der Waals surface area contributed by atoms with Crippen LogP contribution in [0.4, 0.5) is 0 Å². The fourth-order valence-electron chi connectivity index (χ4n) is 3.01. The first-order chi connectivity index (χ1) is 11.6. The number of aryl methyl sites for hydroxylation is 1. The molecule has 142 valence electrons. The largest absolute Gasteiger partial charge is 0.381 e. The van der Waals surface area contributed by atoms with Crippen LogP contribution < -0.4 is 10.6 Å². The number of aliphatic imine (C=N–C) groups is 1. The third-order valence-electron chi connectivity index (χ3n) is 4.83. The van der Waals surface area contributed by atoms with Gasteiger partial charge in [0.1, 0.15) is 0 Å². The summed E-state index contributed by atoms with van der Waals surface area (Å²) in [6.45, 7) is 7.91. The fourth-order valence-corrected chi connectivity index (χ4v) is 3.80. The summed E-state index contributed by atoms with van der Waals surface area (Å²) in [5.74, 6) is 1.33. The highest BCUT2D eigenvalue weighted by atomic mass is 127. The van der Waals surface area contributed by atoms with E-state index in [9.17, 15) is 0 Å². The molecule has 0 aliphatic carbocycles. The Kier molecular flexibility index (Phi) is 10.2. The first-order valence-electron chi connectivity index (χ1n) is 8.72. The third-order valence-corrected chi connectivity index (χ3v) is 6.24. The van der Waals surface area contributed by atoms with Crippen molar-refractivity contribution in [3.05, 3.63) is 35.4 Å². The first-order valence-corrected chi connectivity index (χ1v) is 9.95. The minimum Gasteiger partial charge on any atom is -0.381 e. The number of thioether (sulfide) groups is 1. The van der Waals surface area contributed by atoms with Gasteiger partial charge in [0, 0.05) is 38.1 Å². The Labute approximate surface area is 174 Å². The standard InChI is InChI=1S/C19H31N3OS.HI/c1-15-6-5-7-17(12-15)16(2)13-21-18(20-3)22-14-19(24-4)8-10-23-11-9-19;/h5-7,12,16H,8-11,13-14H2,1-4H3,(H2,20,21,22);1H. The Morgan fingerprint density at radius 2 is 2.04 bits per heavy atom. The van der Waals surface area contributed by atoms with Gasteiger partial charge in [0.25, 0.3) is 0 Å². The molecule has 0 amide bonds. The quantitative estimate of drug-likeness (QED) is 0.372. The third kappa shape index (κ3) is 6.98. The molecule has 0 saturated carbocycles. The number of benzene rings is 1. The highest BCUT2D eigenvalue weighted by Gasteiger charge is 2.31. The predicted molar refractivity (Wildman–Crippen MR) is 121 cm³/mol. The number of hydrogen-bond acceptors (Lipinski definition) is 3. The topological polar surface area (TPSA) is 45.7 Å². The number of hydrogen-bond donors (Lipinski definition) is 2. The van der Waals surface area contributed by atoms with Crippen LogP contribution in [0.3, 0.4) is 0 Å². The van der Waals surface area contributed by atoms with Crippen molar-refractivity contribution < 1.29 is 4.74 Å². The van der Waals surface area contributed by atoms with E-state index < -0.39 is 0 Å². The van der Waals surface area contributed by atoms with E-state index >= 15 is 0 Å². The van der Waals surface area contributed by atoms with E-state index in [0.717, 1.165) is 45.1 Å². The predicted octanol–water partition coefficient (Wildman–Crippen LogP) is 3.79. The van der Waals surface area contributed by atoms with Gasteiger partial charge < -0.3 is 15.4 Å². The van der Waals surface area contributed by atoms with E-state index in [0.29, 0.717) is 5.92 Å². The molecule has 2 N–H and O–H groups in total. The van der Waals surface area contributed by atoms with Gasteiger partial charge in [0.2, 0.25) is 0 Å². The Morgan fingerprint density at radius 3 is 2.64 bits per heavy atom. The number of nitrogens with one attached hydrogen (secondary N) is 2. The smallest absolute Gasteiger partial charge is 0.191 e. The summed E-state index contributed by atoms with van der Waals surface area (Å²) in [5, 5.41) is 6.98. The van der Waals surface area contributed by atoms with E-state index in [-0.39, 0.29) is 28.7 Å². The van der Waals surface area contributed by atoms with Gasteiger partial charge in [-0.05, 0) is 37.5 Å². The lowest BCUT2D eigenvalue weighted by Crippen LogP contribution is -2.48. The number of rotatable bonds is 6. The summed E-state index contributed by atoms with van der Waals surface area (Å²) in [6, 6.07) is 8.72. The highest BCUT2D eigenvalue weighted by molar-refractivity contribution is 14.0. The number of nitrogens with zero attached hydrogens (tertiary/aromatic N) is 1. The van der Waals surface area contributed by atoms with Crippen LogP contribution in [-0.4, -0.2) is 50.3 Å². The molecule has 0 radical (unpaired) electrons. The summed E-state index contributed by atoms with van der Waals surface area (Å²) in [6.07, 6.45) is 4.39. The molecule has 1 aliphatic heterocycles. The normalized spacial score (nSPS) is 18.2. The fraction of sp³-hybridized carbons (Fsp3) is 0.632. The maximum Gasteiger partial charge on any atom is 0.191 e. The van der Waals surface area contributed by atoms with Crippen molar-refractivity contribution in [1.29, 1.82) is 0 Å². The molecule has 0 aromatic heterocycles.